The van der Waals surface area contributed by atoms with Gasteiger partial charge in [-0.25, -0.2) is 0 Å². The molecule has 1 rings (SSSR count). The van der Waals surface area contributed by atoms with Gasteiger partial charge in [0.15, 0.2) is 0 Å². The largest absolute Gasteiger partial charge is 0.351 e. The Kier molecular flexibility index (Phi) is 4.52. The Balaban J connectivity index is 2.43. The van der Waals surface area contributed by atoms with E-state index in [-0.39, 0.29) is 11.9 Å². The van der Waals surface area contributed by atoms with Crippen molar-refractivity contribution in [3.63, 3.8) is 0 Å². The van der Waals surface area contributed by atoms with E-state index in [1.807, 2.05) is 32.2 Å². The summed E-state index contributed by atoms with van der Waals surface area (Å²) >= 11 is 0. The van der Waals surface area contributed by atoms with Crippen LogP contribution >= 0.6 is 0 Å². The van der Waals surface area contributed by atoms with E-state index in [4.69, 9.17) is 5.26 Å². The summed E-state index contributed by atoms with van der Waals surface area (Å²) in [5.74, 6) is -0.760. The zero-order chi connectivity index (χ0) is 12.0. The van der Waals surface area contributed by atoms with Crippen molar-refractivity contribution in [3.8, 4) is 6.07 Å². The van der Waals surface area contributed by atoms with Crippen LogP contribution in [0.3, 0.4) is 0 Å². The lowest BCUT2D eigenvalue weighted by molar-refractivity contribution is -0.124. The Hall–Kier alpha value is -1.83. The third-order valence-electron chi connectivity index (χ3n) is 2.29. The van der Waals surface area contributed by atoms with Gasteiger partial charge in [0.25, 0.3) is 0 Å². The smallest absolute Gasteiger partial charge is 0.237 e. The maximum absolute atomic E-state index is 11.6. The molecule has 0 aliphatic rings. The molecule has 0 fully saturated rings. The summed E-state index contributed by atoms with van der Waals surface area (Å²) in [6, 6.07) is 3.78. The molecule has 0 spiro atoms. The van der Waals surface area contributed by atoms with Crippen molar-refractivity contribution >= 4 is 5.91 Å². The Morgan fingerprint density at radius 2 is 2.44 bits per heavy atom. The molecule has 5 nitrogen and oxygen atoms in total. The van der Waals surface area contributed by atoms with Crippen LogP contribution in [0.15, 0.2) is 18.5 Å². The second kappa shape index (κ2) is 5.91. The standard InChI is InChI=1S/C11H16N4O/c1-3-10(7-12)11(16)14-9(2)8-15-6-4-5-13-15/h4-6,9-10H,3,8H2,1-2H3,(H,14,16). The maximum atomic E-state index is 11.6. The Morgan fingerprint density at radius 3 is 2.94 bits per heavy atom. The highest BCUT2D eigenvalue weighted by atomic mass is 16.1. The molecule has 0 aliphatic heterocycles. The van der Waals surface area contributed by atoms with E-state index in [9.17, 15) is 4.79 Å². The lowest BCUT2D eigenvalue weighted by atomic mass is 10.1. The van der Waals surface area contributed by atoms with E-state index in [1.165, 1.54) is 0 Å². The number of rotatable bonds is 5. The van der Waals surface area contributed by atoms with Gasteiger partial charge in [0.1, 0.15) is 5.92 Å². The Bertz CT molecular complexity index is 366. The highest BCUT2D eigenvalue weighted by molar-refractivity contribution is 5.81. The fourth-order valence-electron chi connectivity index (χ4n) is 1.41. The zero-order valence-corrected chi connectivity index (χ0v) is 9.55. The van der Waals surface area contributed by atoms with Crippen molar-refractivity contribution in [2.24, 2.45) is 5.92 Å². The van der Waals surface area contributed by atoms with Gasteiger partial charge in [0.2, 0.25) is 5.91 Å². The molecule has 0 aliphatic carbocycles. The molecule has 0 radical (unpaired) electrons. The van der Waals surface area contributed by atoms with Crippen molar-refractivity contribution in [3.05, 3.63) is 18.5 Å². The average Bonchev–Trinajstić information content (AvgIpc) is 2.71. The monoisotopic (exact) mass is 220 g/mol. The molecule has 0 aromatic carbocycles. The van der Waals surface area contributed by atoms with Crippen molar-refractivity contribution in [1.82, 2.24) is 15.1 Å². The SMILES string of the molecule is CCC(C#N)C(=O)NC(C)Cn1cccn1. The summed E-state index contributed by atoms with van der Waals surface area (Å²) in [5, 5.41) is 15.6. The van der Waals surface area contributed by atoms with Gasteiger partial charge in [-0.05, 0) is 19.4 Å². The molecule has 1 aromatic heterocycles. The van der Waals surface area contributed by atoms with Crippen molar-refractivity contribution in [2.75, 3.05) is 0 Å². The number of aromatic nitrogens is 2. The van der Waals surface area contributed by atoms with E-state index < -0.39 is 5.92 Å². The van der Waals surface area contributed by atoms with Gasteiger partial charge in [-0.1, -0.05) is 6.92 Å². The predicted molar refractivity (Wildman–Crippen MR) is 59.2 cm³/mol. The molecule has 2 atom stereocenters. The van der Waals surface area contributed by atoms with E-state index in [0.29, 0.717) is 13.0 Å². The van der Waals surface area contributed by atoms with E-state index >= 15 is 0 Å². The molecule has 1 amide bonds. The van der Waals surface area contributed by atoms with Crippen LogP contribution in [0.5, 0.6) is 0 Å². The number of carbonyl (C=O) groups excluding carboxylic acids is 1. The molecule has 16 heavy (non-hydrogen) atoms. The van der Waals surface area contributed by atoms with Gasteiger partial charge in [-0.15, -0.1) is 0 Å². The van der Waals surface area contributed by atoms with E-state index in [0.717, 1.165) is 0 Å². The number of amides is 1. The highest BCUT2D eigenvalue weighted by Gasteiger charge is 2.17. The molecular weight excluding hydrogens is 204 g/mol. The number of nitrogens with zero attached hydrogens (tertiary/aromatic N) is 3. The Morgan fingerprint density at radius 1 is 1.69 bits per heavy atom. The highest BCUT2D eigenvalue weighted by Crippen LogP contribution is 2.01. The lowest BCUT2D eigenvalue weighted by Crippen LogP contribution is -2.39. The van der Waals surface area contributed by atoms with Gasteiger partial charge in [0, 0.05) is 18.4 Å². The minimum absolute atomic E-state index is 0.0326. The number of carbonyl (C=O) groups is 1. The van der Waals surface area contributed by atoms with E-state index in [2.05, 4.69) is 10.4 Å². The first-order valence-electron chi connectivity index (χ1n) is 5.34. The molecule has 5 heteroatoms. The molecule has 2 unspecified atom stereocenters. The molecular formula is C11H16N4O. The van der Waals surface area contributed by atoms with E-state index in [1.54, 1.807) is 10.9 Å². The molecule has 1 heterocycles. The zero-order valence-electron chi connectivity index (χ0n) is 9.55. The normalized spacial score (nSPS) is 13.8. The van der Waals surface area contributed by atoms with Gasteiger partial charge in [0.05, 0.1) is 12.6 Å². The third kappa shape index (κ3) is 3.39. The molecule has 0 saturated carbocycles. The first kappa shape index (κ1) is 12.2. The molecule has 0 bridgehead atoms. The molecule has 0 saturated heterocycles. The summed E-state index contributed by atoms with van der Waals surface area (Å²) in [4.78, 5) is 11.6. The number of hydrogen-bond acceptors (Lipinski definition) is 3. The fourth-order valence-corrected chi connectivity index (χ4v) is 1.41. The van der Waals surface area contributed by atoms with Crippen molar-refractivity contribution < 1.29 is 4.79 Å². The van der Waals surface area contributed by atoms with Crippen LogP contribution in [0.4, 0.5) is 0 Å². The molecule has 1 aromatic rings. The summed E-state index contributed by atoms with van der Waals surface area (Å²) in [6.45, 7) is 4.33. The summed E-state index contributed by atoms with van der Waals surface area (Å²) in [6.07, 6.45) is 4.07. The summed E-state index contributed by atoms with van der Waals surface area (Å²) in [5.41, 5.74) is 0. The van der Waals surface area contributed by atoms with Crippen LogP contribution < -0.4 is 5.32 Å². The lowest BCUT2D eigenvalue weighted by Gasteiger charge is -2.15. The molecule has 86 valence electrons. The Labute approximate surface area is 95.1 Å². The van der Waals surface area contributed by atoms with Crippen LogP contribution in [-0.4, -0.2) is 21.7 Å². The number of nitrogens with one attached hydrogen (secondary N) is 1. The van der Waals surface area contributed by atoms with Crippen LogP contribution in [0, 0.1) is 17.2 Å². The maximum Gasteiger partial charge on any atom is 0.237 e. The summed E-state index contributed by atoms with van der Waals surface area (Å²) in [7, 11) is 0. The van der Waals surface area contributed by atoms with Crippen LogP contribution in [-0.2, 0) is 11.3 Å². The first-order valence-corrected chi connectivity index (χ1v) is 5.34. The van der Waals surface area contributed by atoms with Gasteiger partial charge < -0.3 is 5.32 Å². The quantitative estimate of drug-likeness (QED) is 0.802. The minimum atomic E-state index is -0.555. The van der Waals surface area contributed by atoms with Gasteiger partial charge >= 0.3 is 0 Å². The fraction of sp³-hybridized carbons (Fsp3) is 0.545. The second-order valence-corrected chi connectivity index (χ2v) is 3.73. The average molecular weight is 220 g/mol. The first-order chi connectivity index (χ1) is 7.67. The third-order valence-corrected chi connectivity index (χ3v) is 2.29. The van der Waals surface area contributed by atoms with Gasteiger partial charge in [-0.3, -0.25) is 9.48 Å². The van der Waals surface area contributed by atoms with Crippen molar-refractivity contribution in [2.45, 2.75) is 32.9 Å². The van der Waals surface area contributed by atoms with Crippen LogP contribution in [0.25, 0.3) is 0 Å². The van der Waals surface area contributed by atoms with Crippen LogP contribution in [0.1, 0.15) is 20.3 Å². The predicted octanol–water partition coefficient (Wildman–Crippen LogP) is 0.938. The van der Waals surface area contributed by atoms with Crippen LogP contribution in [0.2, 0.25) is 0 Å². The number of hydrogen-bond donors (Lipinski definition) is 1. The van der Waals surface area contributed by atoms with Gasteiger partial charge in [-0.2, -0.15) is 10.4 Å². The van der Waals surface area contributed by atoms with Crippen molar-refractivity contribution in [1.29, 1.82) is 5.26 Å². The summed E-state index contributed by atoms with van der Waals surface area (Å²) < 4.78 is 1.75. The molecule has 1 N–H and O–H groups in total. The topological polar surface area (TPSA) is 70.7 Å². The number of nitriles is 1. The second-order valence-electron chi connectivity index (χ2n) is 3.73. The minimum Gasteiger partial charge on any atom is -0.351 e.